The highest BCUT2D eigenvalue weighted by Crippen LogP contribution is 2.19. The minimum absolute atomic E-state index is 0.0868. The van der Waals surface area contributed by atoms with E-state index in [0.29, 0.717) is 0 Å². The van der Waals surface area contributed by atoms with Gasteiger partial charge in [0.05, 0.1) is 12.0 Å². The number of hydrogen-bond donors (Lipinski definition) is 2. The first kappa shape index (κ1) is 12.1. The summed E-state index contributed by atoms with van der Waals surface area (Å²) in [4.78, 5) is 11.8. The van der Waals surface area contributed by atoms with Gasteiger partial charge in [-0.05, 0) is 31.9 Å². The maximum Gasteiger partial charge on any atom is 0.226 e. The van der Waals surface area contributed by atoms with E-state index in [-0.39, 0.29) is 17.9 Å². The zero-order valence-electron chi connectivity index (χ0n) is 10.7. The van der Waals surface area contributed by atoms with Crippen molar-refractivity contribution in [3.05, 3.63) is 34.9 Å². The quantitative estimate of drug-likeness (QED) is 0.833. The minimum atomic E-state index is 0.0868. The Bertz CT molecular complexity index is 424. The average molecular weight is 232 g/mol. The summed E-state index contributed by atoms with van der Waals surface area (Å²) < 4.78 is 0. The van der Waals surface area contributed by atoms with E-state index in [1.165, 1.54) is 16.7 Å². The smallest absolute Gasteiger partial charge is 0.226 e. The molecule has 1 heterocycles. The van der Waals surface area contributed by atoms with Crippen molar-refractivity contribution in [3.63, 3.8) is 0 Å². The summed E-state index contributed by atoms with van der Waals surface area (Å²) in [6.45, 7) is 7.84. The monoisotopic (exact) mass is 232 g/mol. The van der Waals surface area contributed by atoms with Crippen LogP contribution in [0.5, 0.6) is 0 Å². The van der Waals surface area contributed by atoms with Crippen molar-refractivity contribution in [2.24, 2.45) is 5.92 Å². The third-order valence-corrected chi connectivity index (χ3v) is 3.40. The first-order valence-electron chi connectivity index (χ1n) is 6.16. The molecule has 1 atom stereocenters. The Morgan fingerprint density at radius 1 is 1.41 bits per heavy atom. The van der Waals surface area contributed by atoms with Crippen LogP contribution in [0.1, 0.15) is 29.7 Å². The van der Waals surface area contributed by atoms with Crippen LogP contribution in [0, 0.1) is 19.8 Å². The van der Waals surface area contributed by atoms with Crippen molar-refractivity contribution >= 4 is 5.91 Å². The minimum Gasteiger partial charge on any atom is -0.349 e. The molecule has 1 unspecified atom stereocenters. The second kappa shape index (κ2) is 4.88. The molecule has 1 aliphatic rings. The van der Waals surface area contributed by atoms with E-state index in [9.17, 15) is 4.79 Å². The van der Waals surface area contributed by atoms with Crippen LogP contribution in [0.15, 0.2) is 18.2 Å². The first-order valence-corrected chi connectivity index (χ1v) is 6.16. The Kier molecular flexibility index (Phi) is 3.48. The van der Waals surface area contributed by atoms with Gasteiger partial charge in [-0.15, -0.1) is 0 Å². The second-order valence-corrected chi connectivity index (χ2v) is 4.95. The number of hydrogen-bond acceptors (Lipinski definition) is 2. The molecule has 1 amide bonds. The molecule has 2 N–H and O–H groups in total. The Hall–Kier alpha value is -1.35. The third kappa shape index (κ3) is 2.67. The number of aryl methyl sites for hydroxylation is 2. The molecule has 0 spiro atoms. The van der Waals surface area contributed by atoms with Crippen LogP contribution in [0.3, 0.4) is 0 Å². The van der Waals surface area contributed by atoms with Gasteiger partial charge >= 0.3 is 0 Å². The summed E-state index contributed by atoms with van der Waals surface area (Å²) in [5.74, 6) is 0.319. The molecule has 3 nitrogen and oxygen atoms in total. The van der Waals surface area contributed by atoms with Crippen LogP contribution in [0.4, 0.5) is 0 Å². The summed E-state index contributed by atoms with van der Waals surface area (Å²) in [5.41, 5.74) is 3.70. The van der Waals surface area contributed by atoms with Crippen molar-refractivity contribution in [1.29, 1.82) is 0 Å². The second-order valence-electron chi connectivity index (χ2n) is 4.95. The fourth-order valence-corrected chi connectivity index (χ4v) is 2.19. The van der Waals surface area contributed by atoms with Crippen molar-refractivity contribution in [3.8, 4) is 0 Å². The summed E-state index contributed by atoms with van der Waals surface area (Å²) in [5, 5.41) is 6.19. The fourth-order valence-electron chi connectivity index (χ4n) is 2.19. The molecule has 0 radical (unpaired) electrons. The van der Waals surface area contributed by atoms with Crippen molar-refractivity contribution in [2.45, 2.75) is 26.8 Å². The van der Waals surface area contributed by atoms with Crippen LogP contribution < -0.4 is 10.6 Å². The molecule has 92 valence electrons. The lowest BCUT2D eigenvalue weighted by Gasteiger charge is -2.28. The Morgan fingerprint density at radius 2 is 2.12 bits per heavy atom. The van der Waals surface area contributed by atoms with Crippen LogP contribution >= 0.6 is 0 Å². The number of carbonyl (C=O) groups excluding carboxylic acids is 1. The van der Waals surface area contributed by atoms with Gasteiger partial charge in [-0.25, -0.2) is 0 Å². The van der Waals surface area contributed by atoms with Gasteiger partial charge in [-0.1, -0.05) is 23.8 Å². The lowest BCUT2D eigenvalue weighted by atomic mass is 9.98. The molecule has 0 aliphatic carbocycles. The zero-order valence-corrected chi connectivity index (χ0v) is 10.7. The predicted molar refractivity (Wildman–Crippen MR) is 68.8 cm³/mol. The van der Waals surface area contributed by atoms with Gasteiger partial charge in [0.15, 0.2) is 0 Å². The van der Waals surface area contributed by atoms with E-state index >= 15 is 0 Å². The normalized spacial score (nSPS) is 17.4. The molecule has 1 fully saturated rings. The number of carbonyl (C=O) groups is 1. The van der Waals surface area contributed by atoms with E-state index in [0.717, 1.165) is 13.1 Å². The molecule has 1 aliphatic heterocycles. The molecule has 0 aromatic heterocycles. The van der Waals surface area contributed by atoms with Gasteiger partial charge in [0.2, 0.25) is 5.91 Å². The van der Waals surface area contributed by atoms with Gasteiger partial charge in [0, 0.05) is 13.1 Å². The third-order valence-electron chi connectivity index (χ3n) is 3.40. The molecular weight excluding hydrogens is 212 g/mol. The highest BCUT2D eigenvalue weighted by atomic mass is 16.2. The number of benzene rings is 1. The van der Waals surface area contributed by atoms with Gasteiger partial charge in [-0.3, -0.25) is 4.79 Å². The zero-order chi connectivity index (χ0) is 12.4. The molecule has 1 aromatic rings. The van der Waals surface area contributed by atoms with E-state index in [1.54, 1.807) is 0 Å². The average Bonchev–Trinajstić information content (AvgIpc) is 2.13. The summed E-state index contributed by atoms with van der Waals surface area (Å²) in [6.07, 6.45) is 0. The summed E-state index contributed by atoms with van der Waals surface area (Å²) in [6, 6.07) is 6.44. The molecule has 2 rings (SSSR count). The van der Waals surface area contributed by atoms with Crippen LogP contribution in [-0.4, -0.2) is 19.0 Å². The van der Waals surface area contributed by atoms with Gasteiger partial charge in [-0.2, -0.15) is 0 Å². The Labute approximate surface area is 103 Å². The molecule has 1 saturated heterocycles. The summed E-state index contributed by atoms with van der Waals surface area (Å²) >= 11 is 0. The molecule has 0 bridgehead atoms. The van der Waals surface area contributed by atoms with Crippen LogP contribution in [0.2, 0.25) is 0 Å². The predicted octanol–water partition coefficient (Wildman–Crippen LogP) is 1.70. The van der Waals surface area contributed by atoms with Crippen LogP contribution in [-0.2, 0) is 4.79 Å². The molecular formula is C14H20N2O. The number of amides is 1. The van der Waals surface area contributed by atoms with Gasteiger partial charge in [0.1, 0.15) is 0 Å². The molecule has 1 aromatic carbocycles. The maximum atomic E-state index is 11.8. The van der Waals surface area contributed by atoms with E-state index < -0.39 is 0 Å². The highest BCUT2D eigenvalue weighted by Gasteiger charge is 2.26. The lowest BCUT2D eigenvalue weighted by molar-refractivity contribution is -0.127. The van der Waals surface area contributed by atoms with Gasteiger partial charge < -0.3 is 10.6 Å². The van der Waals surface area contributed by atoms with Crippen molar-refractivity contribution < 1.29 is 4.79 Å². The van der Waals surface area contributed by atoms with E-state index in [4.69, 9.17) is 0 Å². The van der Waals surface area contributed by atoms with E-state index in [1.807, 2.05) is 6.92 Å². The number of nitrogens with one attached hydrogen (secondary N) is 2. The standard InChI is InChI=1S/C14H20N2O/c1-9-4-5-13(10(2)6-9)11(3)16-14(17)12-7-15-8-12/h4-6,11-12,15H,7-8H2,1-3H3,(H,16,17). The molecule has 3 heteroatoms. The topological polar surface area (TPSA) is 41.1 Å². The molecule has 0 saturated carbocycles. The largest absolute Gasteiger partial charge is 0.349 e. The van der Waals surface area contributed by atoms with Crippen molar-refractivity contribution in [1.82, 2.24) is 10.6 Å². The Morgan fingerprint density at radius 3 is 2.65 bits per heavy atom. The highest BCUT2D eigenvalue weighted by molar-refractivity contribution is 5.80. The summed E-state index contributed by atoms with van der Waals surface area (Å²) in [7, 11) is 0. The Balaban J connectivity index is 2.03. The van der Waals surface area contributed by atoms with Crippen LogP contribution in [0.25, 0.3) is 0 Å². The van der Waals surface area contributed by atoms with Gasteiger partial charge in [0.25, 0.3) is 0 Å². The SMILES string of the molecule is Cc1ccc(C(C)NC(=O)C2CNC2)c(C)c1. The molecule has 17 heavy (non-hydrogen) atoms. The lowest BCUT2D eigenvalue weighted by Crippen LogP contribution is -2.51. The van der Waals surface area contributed by atoms with Crippen molar-refractivity contribution in [2.75, 3.05) is 13.1 Å². The first-order chi connectivity index (χ1) is 8.08. The maximum absolute atomic E-state index is 11.8. The number of rotatable bonds is 3. The fraction of sp³-hybridized carbons (Fsp3) is 0.500. The van der Waals surface area contributed by atoms with E-state index in [2.05, 4.69) is 42.7 Å².